The predicted molar refractivity (Wildman–Crippen MR) is 356 cm³/mol. The second kappa shape index (κ2) is 39.9. The van der Waals surface area contributed by atoms with Gasteiger partial charge < -0.3 is 107 Å². The molecule has 0 saturated carbocycles. The second-order valence-electron chi connectivity index (χ2n) is 24.1. The molecule has 2 aliphatic heterocycles. The number of guanidine groups is 2. The van der Waals surface area contributed by atoms with Crippen molar-refractivity contribution < 1.29 is 77.7 Å². The summed E-state index contributed by atoms with van der Waals surface area (Å²) in [6.07, 6.45) is -2.21. The number of unbranched alkanes of at least 4 members (excludes halogenated alkanes) is 1. The predicted octanol–water partition coefficient (Wildman–Crippen LogP) is -5.53. The van der Waals surface area contributed by atoms with E-state index in [9.17, 15) is 68.1 Å². The van der Waals surface area contributed by atoms with Crippen LogP contribution < -0.4 is 82.0 Å². The topological polar surface area (TPSA) is 569 Å². The first-order valence-electron chi connectivity index (χ1n) is 32.6. The van der Waals surface area contributed by atoms with E-state index in [0.29, 0.717) is 17.5 Å². The smallest absolute Gasteiger partial charge is 0.324 e. The fraction of sp³-hybridized carbons (Fsp3) is 0.556. The highest BCUT2D eigenvalue weighted by Gasteiger charge is 2.44. The molecule has 35 heteroatoms. The number of hydrogen-bond acceptors (Lipinski definition) is 19. The number of aliphatic hydroxyl groups excluding tert-OH is 3. The van der Waals surface area contributed by atoms with Gasteiger partial charge in [0, 0.05) is 75.9 Å². The number of aromatic amines is 1. The standard InChI is InChI=1S/C63H95N19O16/c1-4-5-18-42(77-60(96)51(34(2)84)81-55(91)44(22-14-26-70-63(67)68)76-58(94)48(33-83)73-35(3)85)53(89)78-45-23-24-50(87)98-72-27-12-11-20-41(52(64)88)74-57(93)47(29-37-31-71-40-19-10-9-17-39(37)40)79-54(90)43(21-13-25-69-62(65)66)75-56(92)46(28-36-15-7-6-8-16-36)80-59(95)49-30-38(86)32-82(49)61(45)97/h6-10,15-17,19,31,34,38,41-49,51,71-72,83-84,86H,4-5,11-14,18,20-30,32-33H2,1-3H3,(H2,64,88)(H,73,85)(H,74,93)(H,75,92)(H,76,94)(H,77,96)(H,78,89)(H,79,90)(H,80,95)(H,81,91)(H4,65,66,69)(H4,67,68,70)/t34?,38?,41-,42-,43-,44-,45-,46+,47-,48-,49-,51-/m0/s1. The zero-order valence-electron chi connectivity index (χ0n) is 55.2. The largest absolute Gasteiger partial charge is 0.394 e. The highest BCUT2D eigenvalue weighted by molar-refractivity contribution is 6.00. The van der Waals surface area contributed by atoms with E-state index in [2.05, 4.69) is 68.3 Å². The number of H-pyrrole nitrogens is 1. The molecule has 1 aromatic heterocycles. The quantitative estimate of drug-likeness (QED) is 0.0192. The molecule has 98 heavy (non-hydrogen) atoms. The molecule has 3 aromatic rings. The number of nitrogens with two attached hydrogens (primary N) is 5. The average Bonchev–Trinajstić information content (AvgIpc) is 1.64. The number of rotatable bonds is 27. The summed E-state index contributed by atoms with van der Waals surface area (Å²) in [6, 6.07) is 0.439. The minimum absolute atomic E-state index is 0.000953. The van der Waals surface area contributed by atoms with Gasteiger partial charge in [0.2, 0.25) is 65.0 Å². The number of hydroxylamine groups is 1. The second-order valence-corrected chi connectivity index (χ2v) is 24.1. The molecule has 2 saturated heterocycles. The number of nitrogens with zero attached hydrogens (tertiary/aromatic N) is 3. The molecule has 35 nitrogen and oxygen atoms in total. The van der Waals surface area contributed by atoms with E-state index in [0.717, 1.165) is 29.7 Å². The third-order valence-electron chi connectivity index (χ3n) is 16.2. The van der Waals surface area contributed by atoms with Gasteiger partial charge in [-0.1, -0.05) is 68.3 Å². The number of fused-ring (bicyclic) bond motifs is 2. The zero-order chi connectivity index (χ0) is 72.0. The van der Waals surface area contributed by atoms with Crippen LogP contribution in [0.5, 0.6) is 0 Å². The first kappa shape index (κ1) is 78.7. The van der Waals surface area contributed by atoms with E-state index >= 15 is 4.79 Å². The molecule has 11 amide bonds. The third-order valence-corrected chi connectivity index (χ3v) is 16.2. The van der Waals surface area contributed by atoms with E-state index in [1.807, 2.05) is 12.1 Å². The Kier molecular flexibility index (Phi) is 32.0. The van der Waals surface area contributed by atoms with Crippen LogP contribution >= 0.6 is 0 Å². The van der Waals surface area contributed by atoms with Crippen LogP contribution in [0.4, 0.5) is 0 Å². The van der Waals surface area contributed by atoms with Gasteiger partial charge >= 0.3 is 5.97 Å². The van der Waals surface area contributed by atoms with Crippen LogP contribution in [0, 0.1) is 0 Å². The zero-order valence-corrected chi connectivity index (χ0v) is 55.2. The summed E-state index contributed by atoms with van der Waals surface area (Å²) in [5.41, 5.74) is 32.3. The summed E-state index contributed by atoms with van der Waals surface area (Å²) in [5.74, 6) is -11.7. The minimum Gasteiger partial charge on any atom is -0.394 e. The summed E-state index contributed by atoms with van der Waals surface area (Å²) in [5, 5.41) is 55.8. The lowest BCUT2D eigenvalue weighted by molar-refractivity contribution is -0.152. The molecule has 2 aromatic carbocycles. The maximum absolute atomic E-state index is 15.1. The van der Waals surface area contributed by atoms with Gasteiger partial charge in [0.25, 0.3) is 0 Å². The van der Waals surface area contributed by atoms with Crippen molar-refractivity contribution in [3.63, 3.8) is 0 Å². The first-order valence-corrected chi connectivity index (χ1v) is 32.6. The number of nitrogens with one attached hydrogen (secondary N) is 11. The van der Waals surface area contributed by atoms with Gasteiger partial charge in [-0.05, 0) is 81.9 Å². The Morgan fingerprint density at radius 1 is 0.694 bits per heavy atom. The van der Waals surface area contributed by atoms with Gasteiger partial charge in [0.1, 0.15) is 60.4 Å². The summed E-state index contributed by atoms with van der Waals surface area (Å²) in [7, 11) is 0. The molecule has 5 rings (SSSR count). The highest BCUT2D eigenvalue weighted by Crippen LogP contribution is 2.23. The summed E-state index contributed by atoms with van der Waals surface area (Å²) in [4.78, 5) is 186. The van der Waals surface area contributed by atoms with E-state index in [1.54, 1.807) is 55.6 Å². The number of amides is 11. The van der Waals surface area contributed by atoms with Crippen LogP contribution in [-0.2, 0) is 75.2 Å². The molecule has 2 aliphatic rings. The monoisotopic (exact) mass is 1370 g/mol. The van der Waals surface area contributed by atoms with Gasteiger partial charge in [-0.2, -0.15) is 5.48 Å². The molecule has 2 unspecified atom stereocenters. The lowest BCUT2D eigenvalue weighted by Crippen LogP contribution is -2.62. The first-order chi connectivity index (χ1) is 46.7. The summed E-state index contributed by atoms with van der Waals surface area (Å²) < 4.78 is 0. The highest BCUT2D eigenvalue weighted by atomic mass is 16.7. The lowest BCUT2D eigenvalue weighted by Gasteiger charge is -2.31. The molecule has 24 N–H and O–H groups in total. The number of carbonyl (C=O) groups is 12. The van der Waals surface area contributed by atoms with Crippen LogP contribution in [0.15, 0.2) is 70.8 Å². The van der Waals surface area contributed by atoms with Crippen LogP contribution in [-0.4, -0.2) is 213 Å². The van der Waals surface area contributed by atoms with Gasteiger partial charge in [0.15, 0.2) is 11.9 Å². The molecule has 12 atom stereocenters. The van der Waals surface area contributed by atoms with Crippen molar-refractivity contribution in [2.75, 3.05) is 32.8 Å². The normalized spacial score (nSPS) is 21.7. The van der Waals surface area contributed by atoms with Crippen molar-refractivity contribution in [3.8, 4) is 0 Å². The van der Waals surface area contributed by atoms with Crippen molar-refractivity contribution in [1.29, 1.82) is 0 Å². The van der Waals surface area contributed by atoms with E-state index in [-0.39, 0.29) is 102 Å². The van der Waals surface area contributed by atoms with Crippen LogP contribution in [0.1, 0.15) is 115 Å². The van der Waals surface area contributed by atoms with E-state index < -0.39 is 176 Å². The number of carbonyl (C=O) groups excluding carboxylic acids is 12. The summed E-state index contributed by atoms with van der Waals surface area (Å²) in [6.45, 7) is 2.66. The minimum atomic E-state index is -1.82. The number of para-hydroxylation sites is 1. The number of aliphatic hydroxyl groups is 3. The summed E-state index contributed by atoms with van der Waals surface area (Å²) >= 11 is 0. The van der Waals surface area contributed by atoms with Crippen molar-refractivity contribution in [3.05, 3.63) is 71.9 Å². The molecule has 0 spiro atoms. The Hall–Kier alpha value is -10.0. The molecule has 3 heterocycles. The number of benzene rings is 2. The average molecular weight is 1370 g/mol. The fourth-order valence-corrected chi connectivity index (χ4v) is 11.0. The Bertz CT molecular complexity index is 3290. The Morgan fingerprint density at radius 3 is 1.96 bits per heavy atom. The Morgan fingerprint density at radius 2 is 1.30 bits per heavy atom. The van der Waals surface area contributed by atoms with Crippen molar-refractivity contribution in [2.24, 2.45) is 38.7 Å². The molecular weight excluding hydrogens is 1280 g/mol. The van der Waals surface area contributed by atoms with Gasteiger partial charge in [-0.15, -0.1) is 0 Å². The number of hydrogen-bond donors (Lipinski definition) is 19. The van der Waals surface area contributed by atoms with Crippen LogP contribution in [0.25, 0.3) is 10.9 Å². The maximum Gasteiger partial charge on any atom is 0.324 e. The van der Waals surface area contributed by atoms with E-state index in [4.69, 9.17) is 33.5 Å². The molecular formula is C63H95N19O16. The Balaban J connectivity index is 1.50. The molecule has 2 fully saturated rings. The fourth-order valence-electron chi connectivity index (χ4n) is 11.0. The van der Waals surface area contributed by atoms with Crippen LogP contribution in [0.3, 0.4) is 0 Å². The van der Waals surface area contributed by atoms with Crippen molar-refractivity contribution in [1.82, 2.24) is 63.2 Å². The Labute approximate surface area is 565 Å². The number of aromatic nitrogens is 1. The van der Waals surface area contributed by atoms with E-state index in [1.165, 1.54) is 0 Å². The number of aliphatic imine (C=N–C) groups is 2. The number of primary amides is 1. The maximum atomic E-state index is 15.1. The van der Waals surface area contributed by atoms with Gasteiger partial charge in [0.05, 0.1) is 18.8 Å². The SMILES string of the molecule is CCCC[C@H](NC(=O)[C@@H](NC(=O)[C@H](CCCN=C(N)N)NC(=O)[C@H](CO)NC(C)=O)C(C)O)C(=O)N[C@H]1CCC(=O)ONCCCC[C@@H](C(N)=O)NC(=O)[C@H](Cc2c[nH]c3ccccc23)NC(=O)[C@H](CCCN=C(N)N)NC(=O)[C@@H](Cc2ccccc2)NC(=O)[C@@H]2CC(O)CN2C1=O. The lowest BCUT2D eigenvalue weighted by atomic mass is 10.0. The van der Waals surface area contributed by atoms with Crippen molar-refractivity contribution >= 4 is 93.8 Å². The molecule has 0 bridgehead atoms. The third kappa shape index (κ3) is 25.5. The van der Waals surface area contributed by atoms with Crippen LogP contribution in [0.2, 0.25) is 0 Å². The van der Waals surface area contributed by atoms with Gasteiger partial charge in [-0.25, -0.2) is 0 Å². The molecule has 538 valence electrons. The van der Waals surface area contributed by atoms with Gasteiger partial charge in [-0.3, -0.25) is 67.5 Å². The molecule has 0 aliphatic carbocycles. The van der Waals surface area contributed by atoms with Crippen molar-refractivity contribution in [2.45, 2.75) is 190 Å². The molecule has 0 radical (unpaired) electrons.